The Kier molecular flexibility index (Phi) is 3.29. The standard InChI is InChI=1S/C14H14ClNOS/c15-14-7-11-12(4-5-13(11)18-14)16-10-3-1-2-9(6-10)8-17/h1-3,6-7,12,16-17H,4-5,8H2. The van der Waals surface area contributed by atoms with Crippen LogP contribution in [0.15, 0.2) is 30.3 Å². The molecule has 0 saturated carbocycles. The molecule has 1 unspecified atom stereocenters. The molecule has 0 bridgehead atoms. The number of hydrogen-bond acceptors (Lipinski definition) is 3. The SMILES string of the molecule is OCc1cccc(NC2CCc3sc(Cl)cc32)c1. The molecule has 0 amide bonds. The van der Waals surface area contributed by atoms with E-state index >= 15 is 0 Å². The lowest BCUT2D eigenvalue weighted by Crippen LogP contribution is -2.06. The Hall–Kier alpha value is -1.03. The van der Waals surface area contributed by atoms with E-state index in [4.69, 9.17) is 16.7 Å². The van der Waals surface area contributed by atoms with E-state index in [9.17, 15) is 0 Å². The van der Waals surface area contributed by atoms with E-state index in [-0.39, 0.29) is 6.61 Å². The van der Waals surface area contributed by atoms with E-state index < -0.39 is 0 Å². The van der Waals surface area contributed by atoms with Gasteiger partial charge in [-0.3, -0.25) is 0 Å². The Morgan fingerprint density at radius 1 is 1.39 bits per heavy atom. The van der Waals surface area contributed by atoms with Gasteiger partial charge in [-0.15, -0.1) is 11.3 Å². The zero-order valence-corrected chi connectivity index (χ0v) is 11.4. The number of halogens is 1. The molecule has 1 aliphatic rings. The Morgan fingerprint density at radius 3 is 3.11 bits per heavy atom. The third kappa shape index (κ3) is 2.26. The van der Waals surface area contributed by atoms with Crippen molar-refractivity contribution in [1.82, 2.24) is 0 Å². The maximum Gasteiger partial charge on any atom is 0.0934 e. The Labute approximate surface area is 115 Å². The molecule has 3 rings (SSSR count). The molecule has 0 saturated heterocycles. The van der Waals surface area contributed by atoms with Crippen LogP contribution in [0.25, 0.3) is 0 Å². The molecule has 0 spiro atoms. The predicted molar refractivity (Wildman–Crippen MR) is 76.4 cm³/mol. The molecular formula is C14H14ClNOS. The van der Waals surface area contributed by atoms with Gasteiger partial charge in [-0.25, -0.2) is 0 Å². The highest BCUT2D eigenvalue weighted by molar-refractivity contribution is 7.16. The monoisotopic (exact) mass is 279 g/mol. The minimum absolute atomic E-state index is 0.0791. The summed E-state index contributed by atoms with van der Waals surface area (Å²) in [6, 6.07) is 10.3. The van der Waals surface area contributed by atoms with Gasteiger partial charge in [-0.05, 0) is 42.2 Å². The van der Waals surface area contributed by atoms with Gasteiger partial charge in [0.1, 0.15) is 0 Å². The number of fused-ring (bicyclic) bond motifs is 1. The van der Waals surface area contributed by atoms with Gasteiger partial charge in [0.15, 0.2) is 0 Å². The molecular weight excluding hydrogens is 266 g/mol. The number of aryl methyl sites for hydroxylation is 1. The molecule has 2 N–H and O–H groups in total. The van der Waals surface area contributed by atoms with Crippen LogP contribution in [0, 0.1) is 0 Å². The lowest BCUT2D eigenvalue weighted by atomic mass is 10.1. The van der Waals surface area contributed by atoms with E-state index in [0.29, 0.717) is 6.04 Å². The fourth-order valence-electron chi connectivity index (χ4n) is 2.44. The van der Waals surface area contributed by atoms with Gasteiger partial charge in [0.25, 0.3) is 0 Å². The maximum absolute atomic E-state index is 9.14. The lowest BCUT2D eigenvalue weighted by molar-refractivity contribution is 0.282. The summed E-state index contributed by atoms with van der Waals surface area (Å²) in [4.78, 5) is 1.40. The Morgan fingerprint density at radius 2 is 2.28 bits per heavy atom. The summed E-state index contributed by atoms with van der Waals surface area (Å²) < 4.78 is 0.871. The zero-order valence-electron chi connectivity index (χ0n) is 9.82. The van der Waals surface area contributed by atoms with Crippen LogP contribution in [-0.2, 0) is 13.0 Å². The van der Waals surface area contributed by atoms with E-state index in [2.05, 4.69) is 11.4 Å². The van der Waals surface area contributed by atoms with E-state index in [0.717, 1.165) is 28.4 Å². The highest BCUT2D eigenvalue weighted by Crippen LogP contribution is 2.40. The van der Waals surface area contributed by atoms with E-state index in [1.165, 1.54) is 10.4 Å². The van der Waals surface area contributed by atoms with Gasteiger partial charge >= 0.3 is 0 Å². The maximum atomic E-state index is 9.14. The molecule has 1 atom stereocenters. The summed E-state index contributed by atoms with van der Waals surface area (Å²) in [5.74, 6) is 0. The van der Waals surface area contributed by atoms with Gasteiger partial charge in [-0.2, -0.15) is 0 Å². The summed E-state index contributed by atoms with van der Waals surface area (Å²) in [7, 11) is 0. The third-order valence-corrected chi connectivity index (χ3v) is 4.64. The quantitative estimate of drug-likeness (QED) is 0.890. The number of benzene rings is 1. The third-order valence-electron chi connectivity index (χ3n) is 3.30. The van der Waals surface area contributed by atoms with Gasteiger partial charge < -0.3 is 10.4 Å². The smallest absolute Gasteiger partial charge is 0.0934 e. The van der Waals surface area contributed by atoms with Crippen molar-refractivity contribution >= 4 is 28.6 Å². The van der Waals surface area contributed by atoms with Crippen LogP contribution in [0.2, 0.25) is 4.34 Å². The fourth-order valence-corrected chi connectivity index (χ4v) is 3.80. The average Bonchev–Trinajstić information content (AvgIpc) is 2.90. The van der Waals surface area contributed by atoms with Crippen molar-refractivity contribution in [3.8, 4) is 0 Å². The largest absolute Gasteiger partial charge is 0.392 e. The zero-order chi connectivity index (χ0) is 12.5. The lowest BCUT2D eigenvalue weighted by Gasteiger charge is -2.15. The first-order valence-electron chi connectivity index (χ1n) is 6.00. The molecule has 1 heterocycles. The molecule has 0 fully saturated rings. The summed E-state index contributed by atoms with van der Waals surface area (Å²) in [6.07, 6.45) is 2.21. The predicted octanol–water partition coefficient (Wildman–Crippen LogP) is 3.99. The highest BCUT2D eigenvalue weighted by Gasteiger charge is 2.24. The van der Waals surface area contributed by atoms with Crippen molar-refractivity contribution in [3.05, 3.63) is 50.7 Å². The van der Waals surface area contributed by atoms with E-state index in [1.807, 2.05) is 24.3 Å². The highest BCUT2D eigenvalue weighted by atomic mass is 35.5. The first-order valence-corrected chi connectivity index (χ1v) is 7.20. The first-order chi connectivity index (χ1) is 8.76. The number of anilines is 1. The minimum atomic E-state index is 0.0791. The van der Waals surface area contributed by atoms with Gasteiger partial charge in [-0.1, -0.05) is 23.7 Å². The number of rotatable bonds is 3. The molecule has 0 aliphatic heterocycles. The van der Waals surface area contributed by atoms with Crippen LogP contribution in [-0.4, -0.2) is 5.11 Å². The van der Waals surface area contributed by atoms with Crippen molar-refractivity contribution in [2.75, 3.05) is 5.32 Å². The van der Waals surface area contributed by atoms with E-state index in [1.54, 1.807) is 11.3 Å². The van der Waals surface area contributed by atoms with Gasteiger partial charge in [0.2, 0.25) is 0 Å². The molecule has 1 aliphatic carbocycles. The van der Waals surface area contributed by atoms with Crippen LogP contribution in [0.4, 0.5) is 5.69 Å². The molecule has 18 heavy (non-hydrogen) atoms. The second kappa shape index (κ2) is 4.92. The minimum Gasteiger partial charge on any atom is -0.392 e. The molecule has 0 radical (unpaired) electrons. The summed E-state index contributed by atoms with van der Waals surface area (Å²) >= 11 is 7.74. The number of thiophene rings is 1. The normalized spacial score (nSPS) is 17.8. The summed E-state index contributed by atoms with van der Waals surface area (Å²) in [5.41, 5.74) is 3.32. The molecule has 4 heteroatoms. The fraction of sp³-hybridized carbons (Fsp3) is 0.286. The number of hydrogen-bond donors (Lipinski definition) is 2. The van der Waals surface area contributed by atoms with Crippen molar-refractivity contribution in [2.24, 2.45) is 0 Å². The van der Waals surface area contributed by atoms with Crippen molar-refractivity contribution in [3.63, 3.8) is 0 Å². The van der Waals surface area contributed by atoms with Crippen LogP contribution >= 0.6 is 22.9 Å². The van der Waals surface area contributed by atoms with Crippen LogP contribution in [0.1, 0.15) is 28.5 Å². The summed E-state index contributed by atoms with van der Waals surface area (Å²) in [5, 5.41) is 12.7. The van der Waals surface area contributed by atoms with Gasteiger partial charge in [0, 0.05) is 10.6 Å². The molecule has 1 aromatic carbocycles. The van der Waals surface area contributed by atoms with Crippen LogP contribution in [0.3, 0.4) is 0 Å². The topological polar surface area (TPSA) is 32.3 Å². The van der Waals surface area contributed by atoms with Crippen molar-refractivity contribution in [2.45, 2.75) is 25.5 Å². The molecule has 2 nitrogen and oxygen atoms in total. The van der Waals surface area contributed by atoms with Crippen LogP contribution in [0.5, 0.6) is 0 Å². The summed E-state index contributed by atoms with van der Waals surface area (Å²) in [6.45, 7) is 0.0791. The Bertz CT molecular complexity index is 567. The second-order valence-electron chi connectivity index (χ2n) is 4.52. The Balaban J connectivity index is 1.81. The number of nitrogens with one attached hydrogen (secondary N) is 1. The number of aliphatic hydroxyl groups is 1. The second-order valence-corrected chi connectivity index (χ2v) is 6.29. The van der Waals surface area contributed by atoms with Crippen LogP contribution < -0.4 is 5.32 Å². The molecule has 2 aromatic rings. The average molecular weight is 280 g/mol. The van der Waals surface area contributed by atoms with Crippen molar-refractivity contribution < 1.29 is 5.11 Å². The first kappa shape index (κ1) is 12.0. The molecule has 1 aromatic heterocycles. The number of aliphatic hydroxyl groups excluding tert-OH is 1. The van der Waals surface area contributed by atoms with Crippen molar-refractivity contribution in [1.29, 1.82) is 0 Å². The molecule has 94 valence electrons. The van der Waals surface area contributed by atoms with Gasteiger partial charge in [0.05, 0.1) is 17.0 Å².